The first-order chi connectivity index (χ1) is 10.6. The molecule has 22 heavy (non-hydrogen) atoms. The van der Waals surface area contributed by atoms with Gasteiger partial charge in [-0.05, 0) is 17.5 Å². The average Bonchev–Trinajstić information content (AvgIpc) is 3.17. The van der Waals surface area contributed by atoms with Crippen LogP contribution in [0.1, 0.15) is 16.9 Å². The molecular formula is C14H15N3O3S2. The maximum atomic E-state index is 12.6. The minimum Gasteiger partial charge on any atom is -0.481 e. The maximum Gasteiger partial charge on any atom is 0.305 e. The number of nitrogens with zero attached hydrogens (tertiary/aromatic N) is 2. The van der Waals surface area contributed by atoms with Crippen LogP contribution in [0.25, 0.3) is 10.6 Å². The fourth-order valence-corrected chi connectivity index (χ4v) is 4.18. The Morgan fingerprint density at radius 3 is 3.09 bits per heavy atom. The molecule has 3 heterocycles. The standard InChI is InChI=1S/C14H15N3O3S2/c18-13(19)6-9-8-21-5-3-17(9)14(20)11-7-10(15-16-11)12-2-1-4-22-12/h1-2,4,7,9H,3,5-6,8H2,(H,15,16)(H,18,19). The van der Waals surface area contributed by atoms with Crippen molar-refractivity contribution in [3.05, 3.63) is 29.3 Å². The van der Waals surface area contributed by atoms with Gasteiger partial charge in [-0.3, -0.25) is 14.7 Å². The topological polar surface area (TPSA) is 86.3 Å². The third-order valence-corrected chi connectivity index (χ3v) is 5.48. The molecule has 0 aliphatic carbocycles. The monoisotopic (exact) mass is 337 g/mol. The van der Waals surface area contributed by atoms with E-state index in [1.165, 1.54) is 0 Å². The van der Waals surface area contributed by atoms with E-state index in [2.05, 4.69) is 10.2 Å². The Bertz CT molecular complexity index is 669. The summed E-state index contributed by atoms with van der Waals surface area (Å²) in [6.07, 6.45) is -0.0268. The second-order valence-corrected chi connectivity index (χ2v) is 7.07. The van der Waals surface area contributed by atoms with Gasteiger partial charge in [0.25, 0.3) is 5.91 Å². The van der Waals surface area contributed by atoms with E-state index in [4.69, 9.17) is 5.11 Å². The summed E-state index contributed by atoms with van der Waals surface area (Å²) in [5.74, 6) is 0.391. The van der Waals surface area contributed by atoms with Gasteiger partial charge in [0.1, 0.15) is 0 Å². The first kappa shape index (κ1) is 15.1. The lowest BCUT2D eigenvalue weighted by atomic mass is 10.1. The Morgan fingerprint density at radius 1 is 1.50 bits per heavy atom. The predicted molar refractivity (Wildman–Crippen MR) is 86.3 cm³/mol. The van der Waals surface area contributed by atoms with Crippen molar-refractivity contribution in [1.82, 2.24) is 15.1 Å². The third kappa shape index (κ3) is 3.17. The van der Waals surface area contributed by atoms with Gasteiger partial charge in [0.05, 0.1) is 23.0 Å². The van der Waals surface area contributed by atoms with Crippen LogP contribution in [0.2, 0.25) is 0 Å². The van der Waals surface area contributed by atoms with Gasteiger partial charge in [0.15, 0.2) is 5.69 Å². The number of carbonyl (C=O) groups is 2. The van der Waals surface area contributed by atoms with Gasteiger partial charge in [-0.1, -0.05) is 6.07 Å². The molecule has 0 aromatic carbocycles. The van der Waals surface area contributed by atoms with Crippen LogP contribution in [0.4, 0.5) is 0 Å². The second-order valence-electron chi connectivity index (χ2n) is 4.97. The van der Waals surface area contributed by atoms with E-state index in [-0.39, 0.29) is 18.4 Å². The zero-order chi connectivity index (χ0) is 15.5. The Balaban J connectivity index is 1.78. The minimum atomic E-state index is -0.883. The van der Waals surface area contributed by atoms with Gasteiger partial charge in [-0.2, -0.15) is 16.9 Å². The van der Waals surface area contributed by atoms with E-state index in [0.717, 1.165) is 16.3 Å². The van der Waals surface area contributed by atoms with E-state index in [0.29, 0.717) is 18.0 Å². The number of carboxylic acid groups (broad SMARTS) is 1. The second kappa shape index (κ2) is 6.53. The van der Waals surface area contributed by atoms with Crippen LogP contribution in [0.15, 0.2) is 23.6 Å². The smallest absolute Gasteiger partial charge is 0.305 e. The number of aliphatic carboxylic acids is 1. The summed E-state index contributed by atoms with van der Waals surface area (Å²) in [7, 11) is 0. The molecule has 2 aromatic heterocycles. The molecule has 6 nitrogen and oxygen atoms in total. The van der Waals surface area contributed by atoms with Gasteiger partial charge < -0.3 is 10.0 Å². The SMILES string of the molecule is O=C(O)CC1CSCCN1C(=O)c1cc(-c2cccs2)[nH]n1. The molecule has 0 radical (unpaired) electrons. The highest BCUT2D eigenvalue weighted by molar-refractivity contribution is 7.99. The molecule has 1 aliphatic heterocycles. The van der Waals surface area contributed by atoms with Gasteiger partial charge in [0.2, 0.25) is 0 Å². The van der Waals surface area contributed by atoms with Crippen molar-refractivity contribution < 1.29 is 14.7 Å². The number of rotatable bonds is 4. The largest absolute Gasteiger partial charge is 0.481 e. The molecule has 2 N–H and O–H groups in total. The number of aromatic nitrogens is 2. The van der Waals surface area contributed by atoms with Crippen LogP contribution in [-0.4, -0.2) is 56.2 Å². The van der Waals surface area contributed by atoms with Crippen LogP contribution >= 0.6 is 23.1 Å². The fraction of sp³-hybridized carbons (Fsp3) is 0.357. The van der Waals surface area contributed by atoms with Crippen LogP contribution < -0.4 is 0 Å². The molecule has 1 amide bonds. The van der Waals surface area contributed by atoms with Crippen molar-refractivity contribution in [3.63, 3.8) is 0 Å². The highest BCUT2D eigenvalue weighted by Crippen LogP contribution is 2.25. The van der Waals surface area contributed by atoms with Gasteiger partial charge in [0, 0.05) is 18.1 Å². The highest BCUT2D eigenvalue weighted by Gasteiger charge is 2.30. The van der Waals surface area contributed by atoms with Crippen molar-refractivity contribution in [1.29, 1.82) is 0 Å². The number of amides is 1. The summed E-state index contributed by atoms with van der Waals surface area (Å²) < 4.78 is 0. The van der Waals surface area contributed by atoms with E-state index in [9.17, 15) is 9.59 Å². The lowest BCUT2D eigenvalue weighted by Gasteiger charge is -2.34. The summed E-state index contributed by atoms with van der Waals surface area (Å²) in [4.78, 5) is 26.2. The average molecular weight is 337 g/mol. The number of carbonyl (C=O) groups excluding carboxylic acids is 1. The van der Waals surface area contributed by atoms with Crippen LogP contribution in [0.3, 0.4) is 0 Å². The molecule has 8 heteroatoms. The van der Waals surface area contributed by atoms with Gasteiger partial charge in [-0.15, -0.1) is 11.3 Å². The van der Waals surface area contributed by atoms with Gasteiger partial charge in [-0.25, -0.2) is 0 Å². The normalized spacial score (nSPS) is 18.4. The quantitative estimate of drug-likeness (QED) is 0.893. The summed E-state index contributed by atoms with van der Waals surface area (Å²) in [6.45, 7) is 0.558. The molecule has 2 aromatic rings. The van der Waals surface area contributed by atoms with Crippen molar-refractivity contribution in [2.45, 2.75) is 12.5 Å². The van der Waals surface area contributed by atoms with Crippen molar-refractivity contribution >= 4 is 35.0 Å². The maximum absolute atomic E-state index is 12.6. The Morgan fingerprint density at radius 2 is 2.36 bits per heavy atom. The summed E-state index contributed by atoms with van der Waals surface area (Å²) >= 11 is 3.25. The van der Waals surface area contributed by atoms with E-state index < -0.39 is 5.97 Å². The van der Waals surface area contributed by atoms with Crippen LogP contribution in [0.5, 0.6) is 0 Å². The number of nitrogens with one attached hydrogen (secondary N) is 1. The molecule has 1 saturated heterocycles. The lowest BCUT2D eigenvalue weighted by Crippen LogP contribution is -2.47. The summed E-state index contributed by atoms with van der Waals surface area (Å²) in [5.41, 5.74) is 1.14. The molecule has 1 fully saturated rings. The molecule has 116 valence electrons. The molecule has 1 aliphatic rings. The van der Waals surface area contributed by atoms with Gasteiger partial charge >= 0.3 is 5.97 Å². The fourth-order valence-electron chi connectivity index (χ4n) is 2.43. The van der Waals surface area contributed by atoms with E-state index >= 15 is 0 Å². The highest BCUT2D eigenvalue weighted by atomic mass is 32.2. The number of thiophene rings is 1. The van der Waals surface area contributed by atoms with E-state index in [1.807, 2.05) is 17.5 Å². The number of carboxylic acids is 1. The van der Waals surface area contributed by atoms with Crippen molar-refractivity contribution in [2.75, 3.05) is 18.1 Å². The first-order valence-electron chi connectivity index (χ1n) is 6.85. The molecular weight excluding hydrogens is 322 g/mol. The lowest BCUT2D eigenvalue weighted by molar-refractivity contribution is -0.138. The Kier molecular flexibility index (Phi) is 4.49. The predicted octanol–water partition coefficient (Wildman–Crippen LogP) is 2.17. The summed E-state index contributed by atoms with van der Waals surface area (Å²) in [6, 6.07) is 5.35. The minimum absolute atomic E-state index is 0.0268. The zero-order valence-electron chi connectivity index (χ0n) is 11.7. The number of aromatic amines is 1. The van der Waals surface area contributed by atoms with Crippen LogP contribution in [0, 0.1) is 0 Å². The van der Waals surface area contributed by atoms with Crippen molar-refractivity contribution in [3.8, 4) is 10.6 Å². The Labute approximate surface area is 135 Å². The first-order valence-corrected chi connectivity index (χ1v) is 8.88. The number of hydrogen-bond acceptors (Lipinski definition) is 5. The molecule has 0 saturated carbocycles. The molecule has 0 bridgehead atoms. The summed E-state index contributed by atoms with van der Waals surface area (Å²) in [5, 5.41) is 17.9. The Hall–Kier alpha value is -1.80. The molecule has 0 spiro atoms. The zero-order valence-corrected chi connectivity index (χ0v) is 13.3. The van der Waals surface area contributed by atoms with Crippen molar-refractivity contribution in [2.24, 2.45) is 0 Å². The molecule has 1 unspecified atom stereocenters. The number of H-pyrrole nitrogens is 1. The van der Waals surface area contributed by atoms with Crippen LogP contribution in [-0.2, 0) is 4.79 Å². The number of thioether (sulfide) groups is 1. The number of hydrogen-bond donors (Lipinski definition) is 2. The molecule has 1 atom stereocenters. The van der Waals surface area contributed by atoms with E-state index in [1.54, 1.807) is 34.1 Å². The molecule has 3 rings (SSSR count). The third-order valence-electron chi connectivity index (χ3n) is 3.48.